The Morgan fingerprint density at radius 2 is 1.96 bits per heavy atom. The SMILES string of the molecule is CC(C)OC(=O)C[C@H]1C[C@@H](CCn2c(=O)c3ccccc3n2[O-])OC(C)(C)O1. The van der Waals surface area contributed by atoms with Crippen molar-refractivity contribution in [1.82, 2.24) is 9.53 Å². The maximum absolute atomic E-state index is 12.5. The Morgan fingerprint density at radius 1 is 1.29 bits per heavy atom. The van der Waals surface area contributed by atoms with Gasteiger partial charge in [-0.05, 0) is 46.2 Å². The molecule has 28 heavy (non-hydrogen) atoms. The molecule has 0 unspecified atom stereocenters. The van der Waals surface area contributed by atoms with Gasteiger partial charge in [0.15, 0.2) is 5.79 Å². The summed E-state index contributed by atoms with van der Waals surface area (Å²) in [6, 6.07) is 6.74. The van der Waals surface area contributed by atoms with Crippen LogP contribution in [0.25, 0.3) is 10.9 Å². The fraction of sp³-hybridized carbons (Fsp3) is 0.600. The zero-order chi connectivity index (χ0) is 20.5. The van der Waals surface area contributed by atoms with Gasteiger partial charge in [0.2, 0.25) is 0 Å². The predicted molar refractivity (Wildman–Crippen MR) is 104 cm³/mol. The molecule has 0 N–H and O–H groups in total. The third-order valence-corrected chi connectivity index (χ3v) is 4.65. The van der Waals surface area contributed by atoms with Crippen molar-refractivity contribution in [3.63, 3.8) is 0 Å². The molecule has 3 rings (SSSR count). The fourth-order valence-corrected chi connectivity index (χ4v) is 3.65. The summed E-state index contributed by atoms with van der Waals surface area (Å²) in [6.45, 7) is 7.40. The lowest BCUT2D eigenvalue weighted by Gasteiger charge is -2.40. The maximum atomic E-state index is 12.5. The first kappa shape index (κ1) is 20.4. The molecule has 0 amide bonds. The Kier molecular flexibility index (Phi) is 5.81. The lowest BCUT2D eigenvalue weighted by molar-refractivity contribution is -0.301. The van der Waals surface area contributed by atoms with E-state index in [4.69, 9.17) is 14.2 Å². The zero-order valence-corrected chi connectivity index (χ0v) is 16.7. The molecule has 0 spiro atoms. The van der Waals surface area contributed by atoms with Gasteiger partial charge in [0.05, 0.1) is 35.6 Å². The molecule has 0 saturated carbocycles. The Bertz CT molecular complexity index is 898. The molecule has 0 radical (unpaired) electrons. The molecule has 1 aromatic heterocycles. The third kappa shape index (κ3) is 4.56. The number of para-hydroxylation sites is 1. The summed E-state index contributed by atoms with van der Waals surface area (Å²) in [4.78, 5) is 25.1. The highest BCUT2D eigenvalue weighted by Gasteiger charge is 2.36. The number of rotatable bonds is 6. The van der Waals surface area contributed by atoms with Gasteiger partial charge in [-0.1, -0.05) is 12.1 Å². The van der Waals surface area contributed by atoms with Gasteiger partial charge in [0, 0.05) is 13.0 Å². The van der Waals surface area contributed by atoms with Crippen LogP contribution < -0.4 is 5.56 Å². The van der Waals surface area contributed by atoms with Crippen molar-refractivity contribution >= 4 is 16.9 Å². The highest BCUT2D eigenvalue weighted by Crippen LogP contribution is 2.30. The summed E-state index contributed by atoms with van der Waals surface area (Å²) in [5, 5.41) is 12.8. The summed E-state index contributed by atoms with van der Waals surface area (Å²) in [7, 11) is 0. The summed E-state index contributed by atoms with van der Waals surface area (Å²) >= 11 is 0. The normalized spacial score (nSPS) is 21.9. The molecule has 8 heteroatoms. The highest BCUT2D eigenvalue weighted by molar-refractivity contribution is 5.78. The van der Waals surface area contributed by atoms with Gasteiger partial charge in [-0.2, -0.15) is 0 Å². The van der Waals surface area contributed by atoms with E-state index in [2.05, 4.69) is 0 Å². The first-order chi connectivity index (χ1) is 13.2. The van der Waals surface area contributed by atoms with Crippen LogP contribution in [0.15, 0.2) is 29.1 Å². The van der Waals surface area contributed by atoms with E-state index in [1.54, 1.807) is 52.0 Å². The van der Waals surface area contributed by atoms with Crippen molar-refractivity contribution in [2.75, 3.05) is 0 Å². The third-order valence-electron chi connectivity index (χ3n) is 4.65. The molecule has 1 aromatic carbocycles. The largest absolute Gasteiger partial charge is 0.791 e. The van der Waals surface area contributed by atoms with E-state index in [0.717, 1.165) is 0 Å². The smallest absolute Gasteiger partial charge is 0.308 e. The summed E-state index contributed by atoms with van der Waals surface area (Å²) < 4.78 is 18.2. The van der Waals surface area contributed by atoms with Crippen molar-refractivity contribution in [3.8, 4) is 0 Å². The fourth-order valence-electron chi connectivity index (χ4n) is 3.65. The number of carbonyl (C=O) groups excluding carboxylic acids is 1. The molecule has 0 aliphatic carbocycles. The molecule has 1 fully saturated rings. The van der Waals surface area contributed by atoms with Gasteiger partial charge in [-0.25, -0.2) is 0 Å². The monoisotopic (exact) mass is 391 g/mol. The highest BCUT2D eigenvalue weighted by atomic mass is 16.7. The summed E-state index contributed by atoms with van der Waals surface area (Å²) in [5.41, 5.74) is 0.0454. The topological polar surface area (TPSA) is 94.8 Å². The maximum Gasteiger partial charge on any atom is 0.308 e. The molecule has 1 aliphatic heterocycles. The Morgan fingerprint density at radius 3 is 2.64 bits per heavy atom. The van der Waals surface area contributed by atoms with Crippen molar-refractivity contribution < 1.29 is 19.0 Å². The van der Waals surface area contributed by atoms with Crippen LogP contribution in [0.2, 0.25) is 0 Å². The van der Waals surface area contributed by atoms with Crippen LogP contribution in [0, 0.1) is 5.21 Å². The molecule has 2 heterocycles. The summed E-state index contributed by atoms with van der Waals surface area (Å²) in [5.74, 6) is -1.17. The van der Waals surface area contributed by atoms with Crippen molar-refractivity contribution in [1.29, 1.82) is 0 Å². The van der Waals surface area contributed by atoms with Crippen LogP contribution in [0.1, 0.15) is 47.0 Å². The van der Waals surface area contributed by atoms with Crippen molar-refractivity contribution in [3.05, 3.63) is 39.8 Å². The van der Waals surface area contributed by atoms with E-state index < -0.39 is 5.79 Å². The zero-order valence-electron chi connectivity index (χ0n) is 16.7. The van der Waals surface area contributed by atoms with Gasteiger partial charge in [0.25, 0.3) is 5.56 Å². The molecule has 154 valence electrons. The number of ether oxygens (including phenoxy) is 3. The van der Waals surface area contributed by atoms with Crippen LogP contribution in [-0.2, 0) is 25.5 Å². The second kappa shape index (κ2) is 7.97. The number of nitrogens with zero attached hydrogens (tertiary/aromatic N) is 2. The number of hydrogen-bond donors (Lipinski definition) is 0. The lowest BCUT2D eigenvalue weighted by atomic mass is 10.0. The minimum Gasteiger partial charge on any atom is -0.791 e. The van der Waals surface area contributed by atoms with Gasteiger partial charge in [-0.15, -0.1) is 0 Å². The van der Waals surface area contributed by atoms with E-state index >= 15 is 0 Å². The van der Waals surface area contributed by atoms with E-state index in [-0.39, 0.29) is 42.8 Å². The Hall–Kier alpha value is -2.32. The first-order valence-corrected chi connectivity index (χ1v) is 9.59. The van der Waals surface area contributed by atoms with Gasteiger partial charge >= 0.3 is 5.97 Å². The van der Waals surface area contributed by atoms with Crippen LogP contribution in [-0.4, -0.2) is 39.6 Å². The molecule has 1 aliphatic rings. The predicted octanol–water partition coefficient (Wildman–Crippen LogP) is 2.79. The van der Waals surface area contributed by atoms with Gasteiger partial charge in [0.1, 0.15) is 0 Å². The Balaban J connectivity index is 1.68. The number of fused-ring (bicyclic) bond motifs is 1. The minimum absolute atomic E-state index is 0.142. The molecule has 8 nitrogen and oxygen atoms in total. The van der Waals surface area contributed by atoms with Gasteiger partial charge < -0.3 is 24.3 Å². The first-order valence-electron chi connectivity index (χ1n) is 9.59. The number of benzene rings is 1. The molecule has 0 bridgehead atoms. The standard InChI is InChI=1S/C20H27N2O6/c1-13(2)26-18(23)12-15-11-14(27-20(3,4)28-15)9-10-21-19(24)16-7-5-6-8-17(16)22(21)25/h5-8,13-15H,9-12H2,1-4H3/q-1/t14-,15-/m1/s1. The van der Waals surface area contributed by atoms with Crippen LogP contribution >= 0.6 is 0 Å². The molecule has 1 saturated heterocycles. The Labute approximate surface area is 163 Å². The second-order valence-electron chi connectivity index (χ2n) is 7.87. The van der Waals surface area contributed by atoms with E-state index in [0.29, 0.717) is 28.6 Å². The molecule has 2 atom stereocenters. The number of aromatic nitrogens is 2. The quantitative estimate of drug-likeness (QED) is 0.703. The average molecular weight is 391 g/mol. The molecular weight excluding hydrogens is 364 g/mol. The van der Waals surface area contributed by atoms with Crippen molar-refractivity contribution in [2.24, 2.45) is 0 Å². The van der Waals surface area contributed by atoms with Crippen LogP contribution in [0.4, 0.5) is 0 Å². The van der Waals surface area contributed by atoms with E-state index in [1.807, 2.05) is 0 Å². The summed E-state index contributed by atoms with van der Waals surface area (Å²) in [6.07, 6.45) is 0.330. The number of hydrogen-bond acceptors (Lipinski definition) is 6. The van der Waals surface area contributed by atoms with Gasteiger partial charge in [-0.3, -0.25) is 14.3 Å². The lowest BCUT2D eigenvalue weighted by Crippen LogP contribution is -2.46. The van der Waals surface area contributed by atoms with Crippen LogP contribution in [0.5, 0.6) is 0 Å². The molecular formula is C20H27N2O6-. The number of esters is 1. The van der Waals surface area contributed by atoms with Crippen molar-refractivity contribution in [2.45, 2.75) is 77.6 Å². The number of carbonyl (C=O) groups is 1. The average Bonchev–Trinajstić information content (AvgIpc) is 2.82. The molecule has 2 aromatic rings. The second-order valence-corrected chi connectivity index (χ2v) is 7.87. The van der Waals surface area contributed by atoms with Crippen LogP contribution in [0.3, 0.4) is 0 Å². The minimum atomic E-state index is -0.860. The van der Waals surface area contributed by atoms with E-state index in [9.17, 15) is 14.8 Å². The van der Waals surface area contributed by atoms with E-state index in [1.165, 1.54) is 4.68 Å².